The van der Waals surface area contributed by atoms with Crippen molar-refractivity contribution >= 4 is 11.2 Å². The Morgan fingerprint density at radius 3 is 2.56 bits per heavy atom. The first-order valence-corrected chi connectivity index (χ1v) is 9.02. The van der Waals surface area contributed by atoms with Gasteiger partial charge in [0.1, 0.15) is 17.5 Å². The van der Waals surface area contributed by atoms with Gasteiger partial charge in [0.05, 0.1) is 5.56 Å². The zero-order valence-electron chi connectivity index (χ0n) is 15.6. The van der Waals surface area contributed by atoms with Crippen LogP contribution in [0.3, 0.4) is 0 Å². The van der Waals surface area contributed by atoms with E-state index in [1.54, 1.807) is 4.57 Å². The lowest BCUT2D eigenvalue weighted by molar-refractivity contribution is 0.532. The summed E-state index contributed by atoms with van der Waals surface area (Å²) in [5, 5.41) is 0. The zero-order chi connectivity index (χ0) is 19.7. The van der Waals surface area contributed by atoms with Crippen LogP contribution in [0, 0.1) is 17.6 Å². The molecule has 0 amide bonds. The molecular formula is C19H22F2N4O2. The van der Waals surface area contributed by atoms with Crippen LogP contribution < -0.4 is 11.2 Å². The molecule has 0 radical (unpaired) electrons. The maximum Gasteiger partial charge on any atom is 0.330 e. The number of unbranched alkanes of at least 4 members (excludes halogenated alkanes) is 1. The first-order chi connectivity index (χ1) is 12.8. The fourth-order valence-electron chi connectivity index (χ4n) is 3.12. The van der Waals surface area contributed by atoms with Crippen molar-refractivity contribution in [2.45, 2.75) is 46.7 Å². The standard InChI is InChI=1S/C19H22F2N4O2/c1-4-5-8-24-17-15(18(26)23-19(24)27)25(10-11(2)3)16(22-17)13-7-6-12(20)9-14(13)21/h6-7,9,11H,4-5,8,10H2,1-3H3,(H,23,26,27). The van der Waals surface area contributed by atoms with E-state index in [2.05, 4.69) is 9.97 Å². The minimum absolute atomic E-state index is 0.0853. The van der Waals surface area contributed by atoms with Crippen molar-refractivity contribution in [3.63, 3.8) is 0 Å². The van der Waals surface area contributed by atoms with Crippen molar-refractivity contribution in [3.8, 4) is 11.4 Å². The van der Waals surface area contributed by atoms with E-state index in [1.165, 1.54) is 10.6 Å². The van der Waals surface area contributed by atoms with Gasteiger partial charge in [-0.2, -0.15) is 0 Å². The number of aromatic nitrogens is 4. The molecular weight excluding hydrogens is 354 g/mol. The second kappa shape index (κ2) is 7.46. The summed E-state index contributed by atoms with van der Waals surface area (Å²) in [5.74, 6) is -1.12. The van der Waals surface area contributed by atoms with Crippen LogP contribution in [0.25, 0.3) is 22.6 Å². The van der Waals surface area contributed by atoms with E-state index in [0.29, 0.717) is 13.1 Å². The molecule has 2 aromatic heterocycles. The summed E-state index contributed by atoms with van der Waals surface area (Å²) < 4.78 is 30.8. The third-order valence-electron chi connectivity index (χ3n) is 4.34. The highest BCUT2D eigenvalue weighted by Gasteiger charge is 2.22. The van der Waals surface area contributed by atoms with E-state index in [9.17, 15) is 18.4 Å². The third kappa shape index (κ3) is 3.56. The molecule has 0 aliphatic carbocycles. The quantitative estimate of drug-likeness (QED) is 0.718. The van der Waals surface area contributed by atoms with Gasteiger partial charge in [-0.15, -0.1) is 0 Å². The topological polar surface area (TPSA) is 72.7 Å². The highest BCUT2D eigenvalue weighted by molar-refractivity contribution is 5.77. The molecule has 0 saturated carbocycles. The number of imidazole rings is 1. The molecule has 3 rings (SSSR count). The van der Waals surface area contributed by atoms with Crippen molar-refractivity contribution in [1.29, 1.82) is 0 Å². The molecule has 1 aromatic carbocycles. The first kappa shape index (κ1) is 19.0. The average molecular weight is 376 g/mol. The summed E-state index contributed by atoms with van der Waals surface area (Å²) in [6, 6.07) is 3.22. The highest BCUT2D eigenvalue weighted by Crippen LogP contribution is 2.26. The molecule has 0 spiro atoms. The predicted molar refractivity (Wildman–Crippen MR) is 99.7 cm³/mol. The molecule has 0 aliphatic rings. The van der Waals surface area contributed by atoms with Gasteiger partial charge in [-0.05, 0) is 24.5 Å². The summed E-state index contributed by atoms with van der Waals surface area (Å²) in [6.07, 6.45) is 1.59. The van der Waals surface area contributed by atoms with Crippen LogP contribution >= 0.6 is 0 Å². The lowest BCUT2D eigenvalue weighted by atomic mass is 10.1. The zero-order valence-corrected chi connectivity index (χ0v) is 15.6. The van der Waals surface area contributed by atoms with Crippen molar-refractivity contribution < 1.29 is 8.78 Å². The summed E-state index contributed by atoms with van der Waals surface area (Å²) in [5.41, 5.74) is -0.581. The van der Waals surface area contributed by atoms with Crippen LogP contribution in [-0.4, -0.2) is 19.1 Å². The van der Waals surface area contributed by atoms with Crippen LogP contribution in [0.15, 0.2) is 27.8 Å². The van der Waals surface area contributed by atoms with Gasteiger partial charge in [0, 0.05) is 19.2 Å². The Hall–Kier alpha value is -2.77. The Kier molecular flexibility index (Phi) is 5.25. The minimum atomic E-state index is -0.769. The number of halogens is 2. The Morgan fingerprint density at radius 2 is 1.93 bits per heavy atom. The maximum atomic E-state index is 14.4. The lowest BCUT2D eigenvalue weighted by Crippen LogP contribution is -2.31. The van der Waals surface area contributed by atoms with Gasteiger partial charge < -0.3 is 4.57 Å². The third-order valence-corrected chi connectivity index (χ3v) is 4.34. The first-order valence-electron chi connectivity index (χ1n) is 9.02. The molecule has 0 saturated heterocycles. The smallest absolute Gasteiger partial charge is 0.318 e. The number of fused-ring (bicyclic) bond motifs is 1. The number of rotatable bonds is 6. The minimum Gasteiger partial charge on any atom is -0.318 e. The Labute approximate surface area is 154 Å². The van der Waals surface area contributed by atoms with Crippen molar-refractivity contribution in [2.75, 3.05) is 0 Å². The van der Waals surface area contributed by atoms with Crippen LogP contribution in [0.5, 0.6) is 0 Å². The Morgan fingerprint density at radius 1 is 1.19 bits per heavy atom. The molecule has 8 heteroatoms. The normalized spacial score (nSPS) is 11.6. The van der Waals surface area contributed by atoms with Gasteiger partial charge in [-0.25, -0.2) is 18.6 Å². The highest BCUT2D eigenvalue weighted by atomic mass is 19.1. The SMILES string of the molecule is CCCCn1c(=O)[nH]c(=O)c2c1nc(-c1ccc(F)cc1F)n2CC(C)C. The predicted octanol–water partition coefficient (Wildman–Crippen LogP) is 3.29. The fraction of sp³-hybridized carbons (Fsp3) is 0.421. The number of hydrogen-bond acceptors (Lipinski definition) is 3. The van der Waals surface area contributed by atoms with E-state index in [0.717, 1.165) is 25.0 Å². The summed E-state index contributed by atoms with van der Waals surface area (Å²) in [7, 11) is 0. The average Bonchev–Trinajstić information content (AvgIpc) is 2.93. The second-order valence-electron chi connectivity index (χ2n) is 7.00. The number of nitrogens with one attached hydrogen (secondary N) is 1. The van der Waals surface area contributed by atoms with Crippen LogP contribution in [-0.2, 0) is 13.1 Å². The number of nitrogens with zero attached hydrogens (tertiary/aromatic N) is 3. The number of aromatic amines is 1. The summed E-state index contributed by atoms with van der Waals surface area (Å²) in [6.45, 7) is 6.70. The molecule has 27 heavy (non-hydrogen) atoms. The van der Waals surface area contributed by atoms with Gasteiger partial charge >= 0.3 is 5.69 Å². The van der Waals surface area contributed by atoms with E-state index in [1.807, 2.05) is 20.8 Å². The second-order valence-corrected chi connectivity index (χ2v) is 7.00. The molecule has 0 unspecified atom stereocenters. The molecule has 0 aliphatic heterocycles. The van der Waals surface area contributed by atoms with Gasteiger partial charge in [-0.3, -0.25) is 14.3 Å². The van der Waals surface area contributed by atoms with E-state index in [4.69, 9.17) is 0 Å². The fourth-order valence-corrected chi connectivity index (χ4v) is 3.12. The lowest BCUT2D eigenvalue weighted by Gasteiger charge is -2.12. The van der Waals surface area contributed by atoms with E-state index in [-0.39, 0.29) is 28.5 Å². The monoisotopic (exact) mass is 376 g/mol. The molecule has 0 fully saturated rings. The molecule has 0 bridgehead atoms. The van der Waals surface area contributed by atoms with Crippen LogP contribution in [0.4, 0.5) is 8.78 Å². The van der Waals surface area contributed by atoms with Gasteiger partial charge in [0.15, 0.2) is 11.2 Å². The number of hydrogen-bond donors (Lipinski definition) is 1. The van der Waals surface area contributed by atoms with Crippen LogP contribution in [0.1, 0.15) is 33.6 Å². The number of H-pyrrole nitrogens is 1. The van der Waals surface area contributed by atoms with Gasteiger partial charge in [0.25, 0.3) is 5.56 Å². The van der Waals surface area contributed by atoms with Crippen molar-refractivity contribution in [3.05, 3.63) is 50.7 Å². The van der Waals surface area contributed by atoms with E-state index < -0.39 is 22.9 Å². The Balaban J connectivity index is 2.37. The van der Waals surface area contributed by atoms with Gasteiger partial charge in [-0.1, -0.05) is 27.2 Å². The summed E-state index contributed by atoms with van der Waals surface area (Å²) in [4.78, 5) is 31.6. The molecule has 1 N–H and O–H groups in total. The molecule has 144 valence electrons. The number of aryl methyl sites for hydroxylation is 1. The Bertz CT molecular complexity index is 1100. The number of benzene rings is 1. The molecule has 6 nitrogen and oxygen atoms in total. The van der Waals surface area contributed by atoms with Crippen molar-refractivity contribution in [2.24, 2.45) is 5.92 Å². The largest absolute Gasteiger partial charge is 0.330 e. The van der Waals surface area contributed by atoms with Crippen molar-refractivity contribution in [1.82, 2.24) is 19.1 Å². The van der Waals surface area contributed by atoms with Crippen LogP contribution in [0.2, 0.25) is 0 Å². The molecule has 3 aromatic rings. The van der Waals surface area contributed by atoms with E-state index >= 15 is 0 Å². The maximum absolute atomic E-state index is 14.4. The molecule has 0 atom stereocenters. The van der Waals surface area contributed by atoms with Gasteiger partial charge in [0.2, 0.25) is 0 Å². The molecule has 2 heterocycles. The summed E-state index contributed by atoms with van der Waals surface area (Å²) >= 11 is 0.